The van der Waals surface area contributed by atoms with Crippen molar-refractivity contribution in [2.24, 2.45) is 17.2 Å². The zero-order valence-electron chi connectivity index (χ0n) is 23.2. The molecule has 0 radical (unpaired) electrons. The van der Waals surface area contributed by atoms with Crippen molar-refractivity contribution in [3.05, 3.63) is 59.7 Å². The zero-order chi connectivity index (χ0) is 30.8. The molecule has 11 nitrogen and oxygen atoms in total. The number of halogens is 3. The number of nitrogens with one attached hydrogen (secondary N) is 3. The molecule has 0 aliphatic rings. The highest BCUT2D eigenvalue weighted by molar-refractivity contribution is 5.98. The van der Waals surface area contributed by atoms with Crippen LogP contribution in [0.1, 0.15) is 24.5 Å². The van der Waals surface area contributed by atoms with E-state index < -0.39 is 35.6 Å². The number of alkyl halides is 3. The number of nitrogens with two attached hydrogens (primary N) is 3. The number of nitrogens with zero attached hydrogens (tertiary/aromatic N) is 1. The van der Waals surface area contributed by atoms with Gasteiger partial charge in [0.15, 0.2) is 0 Å². The molecule has 0 aromatic heterocycles. The van der Waals surface area contributed by atoms with E-state index in [2.05, 4.69) is 16.1 Å². The van der Waals surface area contributed by atoms with Gasteiger partial charge >= 0.3 is 6.18 Å². The minimum Gasteiger partial charge on any atom is -0.494 e. The first kappa shape index (κ1) is 35.5. The van der Waals surface area contributed by atoms with Gasteiger partial charge in [-0.3, -0.25) is 15.0 Å². The van der Waals surface area contributed by atoms with E-state index in [0.29, 0.717) is 43.0 Å². The van der Waals surface area contributed by atoms with Crippen molar-refractivity contribution >= 4 is 23.8 Å². The number of hydrogen-bond acceptors (Lipinski definition) is 9. The third-order valence-corrected chi connectivity index (χ3v) is 5.59. The number of amides is 2. The molecule has 0 bridgehead atoms. The minimum absolute atomic E-state index is 0.0828. The SMILES string of the molecule is CCOc1ccc(NC(=O)C(Cc2ccc(C(F)(F)F)cc2)NC(=O)C(N)CC=O)cc1.CNN(CCN)CCN. The summed E-state index contributed by atoms with van der Waals surface area (Å²) in [6.45, 7) is 5.36. The second kappa shape index (κ2) is 18.7. The second-order valence-corrected chi connectivity index (χ2v) is 8.70. The van der Waals surface area contributed by atoms with Crippen molar-refractivity contribution < 1.29 is 32.3 Å². The molecule has 0 spiro atoms. The Balaban J connectivity index is 0.000000803. The van der Waals surface area contributed by atoms with Crippen molar-refractivity contribution in [3.8, 4) is 5.75 Å². The molecular formula is C27H40F3N7O4. The lowest BCUT2D eigenvalue weighted by molar-refractivity contribution is -0.137. The number of carbonyl (C=O) groups excluding carboxylic acids is 3. The van der Waals surface area contributed by atoms with Crippen LogP contribution in [0.5, 0.6) is 5.75 Å². The molecule has 2 rings (SSSR count). The van der Waals surface area contributed by atoms with Gasteiger partial charge in [-0.15, -0.1) is 0 Å². The lowest BCUT2D eigenvalue weighted by atomic mass is 10.0. The van der Waals surface area contributed by atoms with Gasteiger partial charge in [-0.05, 0) is 55.9 Å². The maximum Gasteiger partial charge on any atom is 0.416 e. The van der Waals surface area contributed by atoms with Gasteiger partial charge < -0.3 is 37.4 Å². The lowest BCUT2D eigenvalue weighted by Gasteiger charge is -2.21. The first-order chi connectivity index (χ1) is 19.5. The van der Waals surface area contributed by atoms with E-state index in [1.54, 1.807) is 24.3 Å². The summed E-state index contributed by atoms with van der Waals surface area (Å²) in [5, 5.41) is 7.09. The smallest absolute Gasteiger partial charge is 0.416 e. The first-order valence-corrected chi connectivity index (χ1v) is 13.0. The summed E-state index contributed by atoms with van der Waals surface area (Å²) in [5.41, 5.74) is 19.2. The molecule has 0 saturated heterocycles. The van der Waals surface area contributed by atoms with E-state index in [4.69, 9.17) is 21.9 Å². The number of benzene rings is 2. The highest BCUT2D eigenvalue weighted by Gasteiger charge is 2.30. The Morgan fingerprint density at radius 1 is 1.00 bits per heavy atom. The molecule has 2 aromatic rings. The first-order valence-electron chi connectivity index (χ1n) is 13.0. The van der Waals surface area contributed by atoms with Crippen LogP contribution in [0.15, 0.2) is 48.5 Å². The summed E-state index contributed by atoms with van der Waals surface area (Å²) in [6, 6.07) is 8.51. The number of anilines is 1. The fourth-order valence-electron chi connectivity index (χ4n) is 3.44. The average molecular weight is 584 g/mol. The highest BCUT2D eigenvalue weighted by atomic mass is 19.4. The molecule has 0 heterocycles. The number of hydrogen-bond donors (Lipinski definition) is 6. The summed E-state index contributed by atoms with van der Waals surface area (Å²) >= 11 is 0. The predicted molar refractivity (Wildman–Crippen MR) is 151 cm³/mol. The summed E-state index contributed by atoms with van der Waals surface area (Å²) in [4.78, 5) is 35.7. The van der Waals surface area contributed by atoms with Gasteiger partial charge in [0, 0.05) is 44.7 Å². The molecule has 0 aliphatic heterocycles. The minimum atomic E-state index is -4.49. The predicted octanol–water partition coefficient (Wildman–Crippen LogP) is 1.03. The van der Waals surface area contributed by atoms with E-state index in [-0.39, 0.29) is 12.8 Å². The third kappa shape index (κ3) is 13.6. The molecule has 2 amide bonds. The maximum atomic E-state index is 12.8. The van der Waals surface area contributed by atoms with E-state index in [9.17, 15) is 27.6 Å². The Bertz CT molecular complexity index is 1050. The van der Waals surface area contributed by atoms with Crippen LogP contribution in [0, 0.1) is 0 Å². The van der Waals surface area contributed by atoms with Crippen LogP contribution in [0.3, 0.4) is 0 Å². The zero-order valence-corrected chi connectivity index (χ0v) is 23.2. The molecule has 2 aromatic carbocycles. The van der Waals surface area contributed by atoms with Crippen molar-refractivity contribution in [2.45, 2.75) is 38.0 Å². The standard InChI is InChI=1S/C22H24F3N3O4.C5H16N4/c1-2-32-17-9-7-16(8-10-17)27-21(31)19(28-20(30)18(26)11-12-29)13-14-3-5-15(6-4-14)22(23,24)25;1-8-9(4-2-6)5-3-7/h3-10,12,18-19H,2,11,13,26H2,1H3,(H,27,31)(H,28,30);8H,2-7H2,1H3. The molecule has 14 heteroatoms. The Morgan fingerprint density at radius 2 is 1.59 bits per heavy atom. The Hall–Kier alpha value is -3.56. The van der Waals surface area contributed by atoms with Crippen molar-refractivity contribution in [1.29, 1.82) is 0 Å². The molecule has 41 heavy (non-hydrogen) atoms. The van der Waals surface area contributed by atoms with Crippen LogP contribution >= 0.6 is 0 Å². The Labute approximate surface area is 237 Å². The normalized spacial score (nSPS) is 12.5. The fraction of sp³-hybridized carbons (Fsp3) is 0.444. The van der Waals surface area contributed by atoms with Crippen molar-refractivity contribution in [3.63, 3.8) is 0 Å². The maximum absolute atomic E-state index is 12.8. The molecule has 2 atom stereocenters. The number of carbonyl (C=O) groups is 3. The monoisotopic (exact) mass is 583 g/mol. The quantitative estimate of drug-likeness (QED) is 0.132. The molecule has 0 fully saturated rings. The summed E-state index contributed by atoms with van der Waals surface area (Å²) < 4.78 is 43.7. The Morgan fingerprint density at radius 3 is 2.05 bits per heavy atom. The van der Waals surface area contributed by atoms with Gasteiger partial charge in [0.05, 0.1) is 18.2 Å². The van der Waals surface area contributed by atoms with Crippen molar-refractivity contribution in [1.82, 2.24) is 15.8 Å². The van der Waals surface area contributed by atoms with Gasteiger partial charge in [0.1, 0.15) is 18.1 Å². The average Bonchev–Trinajstić information content (AvgIpc) is 2.94. The number of aldehydes is 1. The van der Waals surface area contributed by atoms with Crippen molar-refractivity contribution in [2.75, 3.05) is 45.2 Å². The van der Waals surface area contributed by atoms with Crippen LogP contribution in [0.2, 0.25) is 0 Å². The van der Waals surface area contributed by atoms with Crippen LogP contribution < -0.4 is 38.0 Å². The van der Waals surface area contributed by atoms with E-state index in [0.717, 1.165) is 25.2 Å². The van der Waals surface area contributed by atoms with Crippen LogP contribution in [-0.4, -0.2) is 75.0 Å². The van der Waals surface area contributed by atoms with E-state index in [1.165, 1.54) is 12.1 Å². The third-order valence-electron chi connectivity index (χ3n) is 5.59. The molecule has 0 aliphatic carbocycles. The fourth-order valence-corrected chi connectivity index (χ4v) is 3.44. The van der Waals surface area contributed by atoms with Gasteiger partial charge in [0.2, 0.25) is 11.8 Å². The van der Waals surface area contributed by atoms with Gasteiger partial charge in [-0.2, -0.15) is 13.2 Å². The molecule has 2 unspecified atom stereocenters. The Kier molecular flexibility index (Phi) is 16.2. The highest BCUT2D eigenvalue weighted by Crippen LogP contribution is 2.29. The largest absolute Gasteiger partial charge is 0.494 e. The number of hydrazine groups is 1. The van der Waals surface area contributed by atoms with Gasteiger partial charge in [-0.25, -0.2) is 5.01 Å². The summed E-state index contributed by atoms with van der Waals surface area (Å²) in [7, 11) is 1.87. The number of ether oxygens (including phenoxy) is 1. The topological polar surface area (TPSA) is 178 Å². The molecular weight excluding hydrogens is 543 g/mol. The molecule has 9 N–H and O–H groups in total. The number of rotatable bonds is 15. The van der Waals surface area contributed by atoms with Gasteiger partial charge in [0.25, 0.3) is 0 Å². The van der Waals surface area contributed by atoms with Gasteiger partial charge in [-0.1, -0.05) is 12.1 Å². The molecule has 0 saturated carbocycles. The lowest BCUT2D eigenvalue weighted by Crippen LogP contribution is -2.51. The van der Waals surface area contributed by atoms with Crippen LogP contribution in [-0.2, 0) is 27.0 Å². The molecule has 228 valence electrons. The summed E-state index contributed by atoms with van der Waals surface area (Å²) in [5.74, 6) is -0.712. The van der Waals surface area contributed by atoms with Crippen LogP contribution in [0.25, 0.3) is 0 Å². The second-order valence-electron chi connectivity index (χ2n) is 8.70. The summed E-state index contributed by atoms with van der Waals surface area (Å²) in [6.07, 6.45) is -4.33. The van der Waals surface area contributed by atoms with E-state index >= 15 is 0 Å². The van der Waals surface area contributed by atoms with E-state index in [1.807, 2.05) is 19.0 Å². The van der Waals surface area contributed by atoms with Crippen LogP contribution in [0.4, 0.5) is 18.9 Å².